The Kier molecular flexibility index (Phi) is 5.53. The molecule has 0 radical (unpaired) electrons. The maximum Gasteiger partial charge on any atom is 0.234 e. The second-order valence-electron chi connectivity index (χ2n) is 6.54. The van der Waals surface area contributed by atoms with Crippen molar-refractivity contribution < 1.29 is 13.2 Å². The predicted molar refractivity (Wildman–Crippen MR) is 92.9 cm³/mol. The Balaban J connectivity index is 1.45. The maximum atomic E-state index is 12.3. The van der Waals surface area contributed by atoms with Crippen LogP contribution in [0.1, 0.15) is 24.8 Å². The molecule has 1 heterocycles. The first-order valence-electron chi connectivity index (χ1n) is 8.57. The van der Waals surface area contributed by atoms with E-state index in [9.17, 15) is 13.2 Å². The molecule has 3 rings (SSSR count). The molecule has 1 amide bonds. The molecule has 0 unspecified atom stereocenters. The van der Waals surface area contributed by atoms with Crippen molar-refractivity contribution in [1.82, 2.24) is 14.5 Å². The van der Waals surface area contributed by atoms with Gasteiger partial charge in [-0.2, -0.15) is 0 Å². The Morgan fingerprint density at radius 2 is 1.83 bits per heavy atom. The summed E-state index contributed by atoms with van der Waals surface area (Å²) in [6.07, 6.45) is 2.37. The fourth-order valence-electron chi connectivity index (χ4n) is 2.99. The van der Waals surface area contributed by atoms with Crippen LogP contribution in [0.2, 0.25) is 0 Å². The minimum absolute atomic E-state index is 0.0163. The molecule has 1 aromatic rings. The number of amides is 1. The Labute approximate surface area is 143 Å². The van der Waals surface area contributed by atoms with Crippen LogP contribution in [-0.2, 0) is 21.4 Å². The third-order valence-corrected chi connectivity index (χ3v) is 6.95. The Hall–Kier alpha value is -1.44. The lowest BCUT2D eigenvalue weighted by molar-refractivity contribution is -0.122. The molecule has 1 saturated heterocycles. The zero-order chi connectivity index (χ0) is 17.0. The number of nitrogens with one attached hydrogen (secondary N) is 1. The van der Waals surface area contributed by atoms with E-state index < -0.39 is 10.0 Å². The van der Waals surface area contributed by atoms with Gasteiger partial charge in [-0.25, -0.2) is 12.7 Å². The lowest BCUT2D eigenvalue weighted by Crippen LogP contribution is -2.40. The molecule has 1 N–H and O–H groups in total. The first-order valence-corrected chi connectivity index (χ1v) is 10.1. The van der Waals surface area contributed by atoms with Gasteiger partial charge in [0.2, 0.25) is 15.9 Å². The highest BCUT2D eigenvalue weighted by Crippen LogP contribution is 2.31. The summed E-state index contributed by atoms with van der Waals surface area (Å²) >= 11 is 0. The van der Waals surface area contributed by atoms with E-state index in [0.717, 1.165) is 31.4 Å². The molecule has 0 spiro atoms. The van der Waals surface area contributed by atoms with Gasteiger partial charge in [-0.05, 0) is 31.4 Å². The first kappa shape index (κ1) is 17.4. The molecule has 132 valence electrons. The number of rotatable bonds is 6. The van der Waals surface area contributed by atoms with Crippen LogP contribution in [0.3, 0.4) is 0 Å². The first-order chi connectivity index (χ1) is 11.6. The van der Waals surface area contributed by atoms with Crippen molar-refractivity contribution in [2.75, 3.05) is 32.7 Å². The lowest BCUT2D eigenvalue weighted by Gasteiger charge is -2.21. The van der Waals surface area contributed by atoms with Crippen LogP contribution in [0, 0.1) is 0 Å². The van der Waals surface area contributed by atoms with E-state index in [1.807, 2.05) is 35.2 Å². The van der Waals surface area contributed by atoms with Gasteiger partial charge < -0.3 is 5.32 Å². The van der Waals surface area contributed by atoms with Crippen LogP contribution in [0.15, 0.2) is 30.3 Å². The SMILES string of the molecule is O=C(CN1CCCN(S(=O)(=O)C2CC2)CC1)NCc1ccccc1. The van der Waals surface area contributed by atoms with Gasteiger partial charge in [0, 0.05) is 26.2 Å². The fourth-order valence-corrected chi connectivity index (χ4v) is 4.87. The summed E-state index contributed by atoms with van der Waals surface area (Å²) in [4.78, 5) is 14.2. The number of carbonyl (C=O) groups excluding carboxylic acids is 1. The van der Waals surface area contributed by atoms with Gasteiger partial charge in [-0.15, -0.1) is 0 Å². The monoisotopic (exact) mass is 351 g/mol. The zero-order valence-electron chi connectivity index (χ0n) is 13.9. The largest absolute Gasteiger partial charge is 0.351 e. The van der Waals surface area contributed by atoms with Crippen molar-refractivity contribution in [2.45, 2.75) is 31.1 Å². The van der Waals surface area contributed by atoms with Crippen LogP contribution < -0.4 is 5.32 Å². The highest BCUT2D eigenvalue weighted by atomic mass is 32.2. The standard InChI is InChI=1S/C17H25N3O3S/c21-17(18-13-15-5-2-1-3-6-15)14-19-9-4-10-20(12-11-19)24(22,23)16-7-8-16/h1-3,5-6,16H,4,7-14H2,(H,18,21). The molecule has 7 heteroatoms. The predicted octanol–water partition coefficient (Wildman–Crippen LogP) is 0.803. The summed E-state index contributed by atoms with van der Waals surface area (Å²) in [5.41, 5.74) is 1.07. The van der Waals surface area contributed by atoms with E-state index in [-0.39, 0.29) is 11.2 Å². The minimum atomic E-state index is -3.10. The zero-order valence-corrected chi connectivity index (χ0v) is 14.7. The smallest absolute Gasteiger partial charge is 0.234 e. The van der Waals surface area contributed by atoms with E-state index in [1.165, 1.54) is 0 Å². The molecule has 1 aromatic carbocycles. The normalized spacial score (nSPS) is 20.5. The number of sulfonamides is 1. The van der Waals surface area contributed by atoms with Gasteiger partial charge in [0.05, 0.1) is 11.8 Å². The molecule has 2 fully saturated rings. The average molecular weight is 351 g/mol. The van der Waals surface area contributed by atoms with Crippen molar-refractivity contribution in [3.05, 3.63) is 35.9 Å². The van der Waals surface area contributed by atoms with Crippen LogP contribution in [0.5, 0.6) is 0 Å². The maximum absolute atomic E-state index is 12.3. The molecule has 2 aliphatic rings. The molecule has 1 aliphatic carbocycles. The quantitative estimate of drug-likeness (QED) is 0.823. The van der Waals surface area contributed by atoms with Crippen LogP contribution >= 0.6 is 0 Å². The van der Waals surface area contributed by atoms with E-state index >= 15 is 0 Å². The number of carbonyl (C=O) groups is 1. The molecule has 1 aliphatic heterocycles. The van der Waals surface area contributed by atoms with Gasteiger partial charge in [0.1, 0.15) is 0 Å². The van der Waals surface area contributed by atoms with Gasteiger partial charge in [0.25, 0.3) is 0 Å². The Bertz CT molecular complexity index is 659. The highest BCUT2D eigenvalue weighted by Gasteiger charge is 2.40. The van der Waals surface area contributed by atoms with Crippen molar-refractivity contribution in [3.8, 4) is 0 Å². The number of hydrogen-bond donors (Lipinski definition) is 1. The second kappa shape index (κ2) is 7.63. The molecular weight excluding hydrogens is 326 g/mol. The van der Waals surface area contributed by atoms with Crippen molar-refractivity contribution in [1.29, 1.82) is 0 Å². The molecular formula is C17H25N3O3S. The summed E-state index contributed by atoms with van der Waals surface area (Å²) in [6, 6.07) is 9.81. The Morgan fingerprint density at radius 1 is 1.08 bits per heavy atom. The van der Waals surface area contributed by atoms with Gasteiger partial charge in [0.15, 0.2) is 0 Å². The van der Waals surface area contributed by atoms with Crippen molar-refractivity contribution in [2.24, 2.45) is 0 Å². The molecule has 0 atom stereocenters. The summed E-state index contributed by atoms with van der Waals surface area (Å²) in [6.45, 7) is 3.28. The summed E-state index contributed by atoms with van der Waals surface area (Å²) in [5.74, 6) is -0.0163. The summed E-state index contributed by atoms with van der Waals surface area (Å²) in [7, 11) is -3.10. The molecule has 0 aromatic heterocycles. The molecule has 0 bridgehead atoms. The fraction of sp³-hybridized carbons (Fsp3) is 0.588. The van der Waals surface area contributed by atoms with Crippen molar-refractivity contribution >= 4 is 15.9 Å². The Morgan fingerprint density at radius 3 is 2.54 bits per heavy atom. The lowest BCUT2D eigenvalue weighted by atomic mass is 10.2. The van der Waals surface area contributed by atoms with Gasteiger partial charge in [-0.1, -0.05) is 30.3 Å². The van der Waals surface area contributed by atoms with Crippen LogP contribution in [0.25, 0.3) is 0 Å². The van der Waals surface area contributed by atoms with E-state index in [0.29, 0.717) is 32.7 Å². The van der Waals surface area contributed by atoms with Gasteiger partial charge >= 0.3 is 0 Å². The van der Waals surface area contributed by atoms with Gasteiger partial charge in [-0.3, -0.25) is 9.69 Å². The number of hydrogen-bond acceptors (Lipinski definition) is 4. The second-order valence-corrected chi connectivity index (χ2v) is 8.75. The molecule has 24 heavy (non-hydrogen) atoms. The van der Waals surface area contributed by atoms with Crippen LogP contribution in [0.4, 0.5) is 0 Å². The van der Waals surface area contributed by atoms with E-state index in [2.05, 4.69) is 5.32 Å². The van der Waals surface area contributed by atoms with E-state index in [4.69, 9.17) is 0 Å². The summed E-state index contributed by atoms with van der Waals surface area (Å²) in [5, 5.41) is 2.77. The topological polar surface area (TPSA) is 69.7 Å². The average Bonchev–Trinajstić information content (AvgIpc) is 3.41. The molecule has 1 saturated carbocycles. The highest BCUT2D eigenvalue weighted by molar-refractivity contribution is 7.90. The van der Waals surface area contributed by atoms with E-state index in [1.54, 1.807) is 4.31 Å². The molecule has 6 nitrogen and oxygen atoms in total. The third kappa shape index (κ3) is 4.55. The van der Waals surface area contributed by atoms with Crippen molar-refractivity contribution in [3.63, 3.8) is 0 Å². The number of benzene rings is 1. The van der Waals surface area contributed by atoms with Crippen LogP contribution in [-0.4, -0.2) is 61.5 Å². The number of nitrogens with zero attached hydrogens (tertiary/aromatic N) is 2. The third-order valence-electron chi connectivity index (χ3n) is 4.55. The minimum Gasteiger partial charge on any atom is -0.351 e. The summed E-state index contributed by atoms with van der Waals surface area (Å²) < 4.78 is 26.3.